The maximum atomic E-state index is 12.9. The highest BCUT2D eigenvalue weighted by Gasteiger charge is 2.30. The lowest BCUT2D eigenvalue weighted by Gasteiger charge is -2.25. The molecule has 0 unspecified atom stereocenters. The van der Waals surface area contributed by atoms with Gasteiger partial charge in [-0.2, -0.15) is 5.26 Å². The fraction of sp³-hybridized carbons (Fsp3) is 0.276. The van der Waals surface area contributed by atoms with Crippen LogP contribution < -0.4 is 15.4 Å². The third kappa shape index (κ3) is 5.49. The number of aryl methyl sites for hydroxylation is 1. The molecule has 2 aliphatic heterocycles. The molecule has 5 rings (SSSR count). The van der Waals surface area contributed by atoms with E-state index in [1.165, 1.54) is 0 Å². The molecule has 1 aliphatic carbocycles. The highest BCUT2D eigenvalue weighted by Crippen LogP contribution is 2.29. The number of fused-ring (bicyclic) bond motifs is 1. The fourth-order valence-corrected chi connectivity index (χ4v) is 3.93. The average molecular weight is 509 g/mol. The first-order valence-electron chi connectivity index (χ1n) is 12.5. The first kappa shape index (κ1) is 25.0. The third-order valence-corrected chi connectivity index (χ3v) is 6.54. The standard InChI is InChI=1S/C29H28N6O3/c1-18-7-10-22(31-28(37)20-5-4-6-21(15-20)29(2,3)17-30)16-23(18)38-26-12-11-25-32-24(13-14-35(25)34-26)33-27(36)19-8-9-19/h4-7,10-13,15-16,19H,8-9,14H2,1-3H3,(H,31,37)(H,33,36). The number of amides is 2. The molecular formula is C29H28N6O3. The van der Waals surface area contributed by atoms with Gasteiger partial charge in [-0.05, 0) is 75.1 Å². The van der Waals surface area contributed by atoms with Gasteiger partial charge in [0, 0.05) is 29.3 Å². The normalized spacial score (nSPS) is 16.4. The van der Waals surface area contributed by atoms with Gasteiger partial charge < -0.3 is 15.4 Å². The minimum Gasteiger partial charge on any atom is -0.437 e. The van der Waals surface area contributed by atoms with Gasteiger partial charge in [0.2, 0.25) is 11.8 Å². The lowest BCUT2D eigenvalue weighted by molar-refractivity contribution is -0.121. The van der Waals surface area contributed by atoms with Gasteiger partial charge in [0.25, 0.3) is 5.91 Å². The first-order chi connectivity index (χ1) is 18.2. The summed E-state index contributed by atoms with van der Waals surface area (Å²) in [7, 11) is 0. The van der Waals surface area contributed by atoms with Gasteiger partial charge in [-0.3, -0.25) is 9.59 Å². The van der Waals surface area contributed by atoms with E-state index < -0.39 is 5.41 Å². The molecule has 0 aromatic heterocycles. The van der Waals surface area contributed by atoms with Gasteiger partial charge in [0.05, 0.1) is 18.0 Å². The summed E-state index contributed by atoms with van der Waals surface area (Å²) in [6.45, 7) is 5.99. The van der Waals surface area contributed by atoms with Crippen LogP contribution in [-0.2, 0) is 10.2 Å². The Morgan fingerprint density at radius 2 is 1.95 bits per heavy atom. The van der Waals surface area contributed by atoms with Crippen molar-refractivity contribution < 1.29 is 14.3 Å². The Hall–Kier alpha value is -4.71. The van der Waals surface area contributed by atoms with Gasteiger partial charge in [-0.1, -0.05) is 18.2 Å². The highest BCUT2D eigenvalue weighted by atomic mass is 16.5. The van der Waals surface area contributed by atoms with Gasteiger partial charge >= 0.3 is 0 Å². The number of benzene rings is 2. The second-order valence-electron chi connectivity index (χ2n) is 10.0. The fourth-order valence-electron chi connectivity index (χ4n) is 3.93. The number of rotatable bonds is 6. The average Bonchev–Trinajstić information content (AvgIpc) is 3.76. The summed E-state index contributed by atoms with van der Waals surface area (Å²) in [5, 5.41) is 21.4. The van der Waals surface area contributed by atoms with E-state index in [1.807, 2.05) is 39.0 Å². The summed E-state index contributed by atoms with van der Waals surface area (Å²) in [6, 6.07) is 14.7. The number of ether oxygens (including phenoxy) is 1. The van der Waals surface area contributed by atoms with Crippen molar-refractivity contribution in [2.24, 2.45) is 16.0 Å². The molecule has 192 valence electrons. The molecule has 2 amide bonds. The number of amidine groups is 1. The van der Waals surface area contributed by atoms with Crippen LogP contribution in [0.3, 0.4) is 0 Å². The zero-order chi connectivity index (χ0) is 26.9. The molecule has 9 nitrogen and oxygen atoms in total. The molecule has 0 atom stereocenters. The van der Waals surface area contributed by atoms with Crippen LogP contribution in [0.4, 0.5) is 5.69 Å². The number of nitriles is 1. The SMILES string of the molecule is Cc1ccc(NC(=O)c2cccc(C(C)(C)C#N)c2)cc1OC1=NN2CC=C(NC(=O)C3CC3)N=C2C=C1. The molecular weight excluding hydrogens is 480 g/mol. The van der Waals surface area contributed by atoms with E-state index in [4.69, 9.17) is 4.74 Å². The predicted octanol–water partition coefficient (Wildman–Crippen LogP) is 4.39. The highest BCUT2D eigenvalue weighted by molar-refractivity contribution is 6.05. The molecule has 0 radical (unpaired) electrons. The number of carbonyl (C=O) groups is 2. The molecule has 2 aromatic carbocycles. The van der Waals surface area contributed by atoms with Crippen LogP contribution in [0, 0.1) is 24.2 Å². The Morgan fingerprint density at radius 1 is 1.13 bits per heavy atom. The number of nitrogens with zero attached hydrogens (tertiary/aromatic N) is 4. The van der Waals surface area contributed by atoms with E-state index in [0.717, 1.165) is 24.0 Å². The van der Waals surface area contributed by atoms with Crippen LogP contribution in [0.25, 0.3) is 0 Å². The van der Waals surface area contributed by atoms with Gasteiger partial charge in [-0.15, -0.1) is 5.10 Å². The van der Waals surface area contributed by atoms with Crippen LogP contribution in [0.15, 0.2) is 76.6 Å². The number of aliphatic imine (C=N–C) groups is 1. The van der Waals surface area contributed by atoms with Crippen LogP contribution in [-0.4, -0.2) is 35.1 Å². The Labute approximate surface area is 221 Å². The van der Waals surface area contributed by atoms with E-state index in [0.29, 0.717) is 41.1 Å². The first-order valence-corrected chi connectivity index (χ1v) is 12.5. The van der Waals surface area contributed by atoms with Crippen molar-refractivity contribution in [2.75, 3.05) is 11.9 Å². The minimum absolute atomic E-state index is 0.0162. The quantitative estimate of drug-likeness (QED) is 0.600. The van der Waals surface area contributed by atoms with Crippen LogP contribution >= 0.6 is 0 Å². The number of nitrogens with one attached hydrogen (secondary N) is 2. The number of hydrogen-bond donors (Lipinski definition) is 2. The maximum absolute atomic E-state index is 12.9. The molecule has 9 heteroatoms. The monoisotopic (exact) mass is 508 g/mol. The molecule has 1 saturated carbocycles. The lowest BCUT2D eigenvalue weighted by Crippen LogP contribution is -2.35. The number of hydrazone groups is 1. The minimum atomic E-state index is -0.698. The predicted molar refractivity (Wildman–Crippen MR) is 145 cm³/mol. The summed E-state index contributed by atoms with van der Waals surface area (Å²) >= 11 is 0. The van der Waals surface area contributed by atoms with Crippen molar-refractivity contribution in [2.45, 2.75) is 39.0 Å². The molecule has 0 saturated heterocycles. The molecule has 0 bridgehead atoms. The van der Waals surface area contributed by atoms with E-state index in [1.54, 1.807) is 47.5 Å². The summed E-state index contributed by atoms with van der Waals surface area (Å²) in [4.78, 5) is 29.4. The van der Waals surface area contributed by atoms with Crippen molar-refractivity contribution in [1.29, 1.82) is 5.26 Å². The van der Waals surface area contributed by atoms with E-state index in [-0.39, 0.29) is 17.7 Å². The maximum Gasteiger partial charge on any atom is 0.255 e. The second kappa shape index (κ2) is 9.98. The summed E-state index contributed by atoms with van der Waals surface area (Å²) in [5.74, 6) is 1.93. The van der Waals surface area contributed by atoms with Crippen LogP contribution in [0.1, 0.15) is 48.2 Å². The number of carbonyl (C=O) groups excluding carboxylic acids is 2. The van der Waals surface area contributed by atoms with Crippen molar-refractivity contribution in [3.05, 3.63) is 83.2 Å². The van der Waals surface area contributed by atoms with Gasteiger partial charge in [0.1, 0.15) is 11.6 Å². The summed E-state index contributed by atoms with van der Waals surface area (Å²) in [6.07, 6.45) is 7.19. The van der Waals surface area contributed by atoms with Crippen LogP contribution in [0.5, 0.6) is 5.75 Å². The van der Waals surface area contributed by atoms with Crippen molar-refractivity contribution in [3.63, 3.8) is 0 Å². The second-order valence-corrected chi connectivity index (χ2v) is 10.0. The molecule has 2 N–H and O–H groups in total. The molecule has 38 heavy (non-hydrogen) atoms. The molecule has 1 fully saturated rings. The summed E-state index contributed by atoms with van der Waals surface area (Å²) < 4.78 is 6.06. The number of hydrogen-bond acceptors (Lipinski definition) is 7. The van der Waals surface area contributed by atoms with Gasteiger partial charge in [0.15, 0.2) is 5.84 Å². The molecule has 2 aromatic rings. The van der Waals surface area contributed by atoms with E-state index in [2.05, 4.69) is 26.8 Å². The molecule has 2 heterocycles. The Kier molecular flexibility index (Phi) is 6.55. The molecule has 3 aliphatic rings. The van der Waals surface area contributed by atoms with Crippen molar-refractivity contribution in [3.8, 4) is 11.8 Å². The smallest absolute Gasteiger partial charge is 0.255 e. The van der Waals surface area contributed by atoms with E-state index in [9.17, 15) is 14.9 Å². The largest absolute Gasteiger partial charge is 0.437 e. The van der Waals surface area contributed by atoms with Crippen molar-refractivity contribution in [1.82, 2.24) is 10.3 Å². The zero-order valence-electron chi connectivity index (χ0n) is 21.5. The van der Waals surface area contributed by atoms with Gasteiger partial charge in [-0.25, -0.2) is 10.0 Å². The summed E-state index contributed by atoms with van der Waals surface area (Å²) in [5.41, 5.74) is 1.98. The van der Waals surface area contributed by atoms with Crippen molar-refractivity contribution >= 4 is 29.2 Å². The number of anilines is 1. The van der Waals surface area contributed by atoms with E-state index >= 15 is 0 Å². The zero-order valence-corrected chi connectivity index (χ0v) is 21.5. The molecule has 0 spiro atoms. The Balaban J connectivity index is 1.25. The Morgan fingerprint density at radius 3 is 2.71 bits per heavy atom. The third-order valence-electron chi connectivity index (χ3n) is 6.54. The van der Waals surface area contributed by atoms with Crippen LogP contribution in [0.2, 0.25) is 0 Å². The Bertz CT molecular complexity index is 1470. The lowest BCUT2D eigenvalue weighted by atomic mass is 9.85. The topological polar surface area (TPSA) is 119 Å².